The quantitative estimate of drug-likeness (QED) is 0.841. The molecule has 0 bridgehead atoms. The monoisotopic (exact) mass is 239 g/mol. The summed E-state index contributed by atoms with van der Waals surface area (Å²) in [5.41, 5.74) is 0. The van der Waals surface area contributed by atoms with Crippen LogP contribution in [0.25, 0.3) is 0 Å². The predicted molar refractivity (Wildman–Crippen MR) is 49.3 cm³/mol. The molecule has 4 nitrogen and oxygen atoms in total. The Morgan fingerprint density at radius 3 is 2.50 bits per heavy atom. The van der Waals surface area contributed by atoms with Crippen molar-refractivity contribution in [2.45, 2.75) is 4.90 Å². The zero-order valence-electron chi connectivity index (χ0n) is 7.12. The van der Waals surface area contributed by atoms with Gasteiger partial charge in [0, 0.05) is 5.02 Å². The van der Waals surface area contributed by atoms with Crippen LogP contribution >= 0.6 is 11.6 Å². The van der Waals surface area contributed by atoms with E-state index in [-0.39, 0.29) is 5.02 Å². The summed E-state index contributed by atoms with van der Waals surface area (Å²) in [5, 5.41) is 4.78. The fraction of sp³-hybridized carbons (Fsp3) is 0.143. The molecule has 0 spiro atoms. The van der Waals surface area contributed by atoms with Crippen molar-refractivity contribution in [1.29, 1.82) is 0 Å². The Morgan fingerprint density at radius 2 is 2.07 bits per heavy atom. The molecule has 0 unspecified atom stereocenters. The molecule has 0 saturated heterocycles. The van der Waals surface area contributed by atoms with E-state index in [4.69, 9.17) is 16.7 Å². The molecular formula is C7H7ClFNO3S. The predicted octanol–water partition coefficient (Wildman–Crippen LogP) is 1.14. The van der Waals surface area contributed by atoms with Crippen LogP contribution in [0, 0.1) is 5.82 Å². The molecule has 1 rings (SSSR count). The minimum Gasteiger partial charge on any atom is -0.492 e. The van der Waals surface area contributed by atoms with Crippen molar-refractivity contribution in [3.05, 3.63) is 23.0 Å². The first-order chi connectivity index (χ1) is 6.36. The second-order valence-electron chi connectivity index (χ2n) is 2.46. The molecule has 1 aromatic rings. The van der Waals surface area contributed by atoms with Crippen molar-refractivity contribution in [3.63, 3.8) is 0 Å². The van der Waals surface area contributed by atoms with E-state index in [1.54, 1.807) is 0 Å². The number of methoxy groups -OCH3 is 1. The highest BCUT2D eigenvalue weighted by Crippen LogP contribution is 2.29. The minimum atomic E-state index is -4.04. The fourth-order valence-corrected chi connectivity index (χ4v) is 1.95. The first-order valence-electron chi connectivity index (χ1n) is 3.42. The van der Waals surface area contributed by atoms with Crippen molar-refractivity contribution in [1.82, 2.24) is 0 Å². The molecule has 0 saturated carbocycles. The number of primary sulfonamides is 1. The number of rotatable bonds is 2. The van der Waals surface area contributed by atoms with Crippen LogP contribution < -0.4 is 9.88 Å². The Labute approximate surface area is 85.5 Å². The van der Waals surface area contributed by atoms with E-state index >= 15 is 0 Å². The summed E-state index contributed by atoms with van der Waals surface area (Å²) in [5.74, 6) is -1.30. The van der Waals surface area contributed by atoms with Gasteiger partial charge in [-0.15, -0.1) is 0 Å². The van der Waals surface area contributed by atoms with Crippen molar-refractivity contribution >= 4 is 21.6 Å². The first-order valence-corrected chi connectivity index (χ1v) is 5.34. The molecule has 0 aromatic heterocycles. The SMILES string of the molecule is COc1c(F)cc(Cl)cc1S(N)(=O)=O. The molecule has 0 amide bonds. The Morgan fingerprint density at radius 1 is 1.50 bits per heavy atom. The molecule has 7 heteroatoms. The third-order valence-electron chi connectivity index (χ3n) is 1.48. The Kier molecular flexibility index (Phi) is 2.98. The number of hydrogen-bond donors (Lipinski definition) is 1. The Bertz CT molecular complexity index is 460. The van der Waals surface area contributed by atoms with Crippen molar-refractivity contribution < 1.29 is 17.5 Å². The summed E-state index contributed by atoms with van der Waals surface area (Å²) < 4.78 is 39.7. The van der Waals surface area contributed by atoms with E-state index in [2.05, 4.69) is 4.74 Å². The molecule has 1 aromatic carbocycles. The lowest BCUT2D eigenvalue weighted by molar-refractivity contribution is 0.374. The molecule has 0 heterocycles. The molecule has 14 heavy (non-hydrogen) atoms. The van der Waals surface area contributed by atoms with Gasteiger partial charge in [-0.2, -0.15) is 0 Å². The largest absolute Gasteiger partial charge is 0.492 e. The number of hydrogen-bond acceptors (Lipinski definition) is 3. The summed E-state index contributed by atoms with van der Waals surface area (Å²) in [6.07, 6.45) is 0. The maximum absolute atomic E-state index is 13.1. The number of benzene rings is 1. The van der Waals surface area contributed by atoms with Crippen molar-refractivity contribution in [3.8, 4) is 5.75 Å². The lowest BCUT2D eigenvalue weighted by atomic mass is 10.3. The number of halogens is 2. The van der Waals surface area contributed by atoms with Crippen molar-refractivity contribution in [2.75, 3.05) is 7.11 Å². The van der Waals surface area contributed by atoms with Crippen LogP contribution in [0.5, 0.6) is 5.75 Å². The van der Waals surface area contributed by atoms with E-state index in [0.717, 1.165) is 19.2 Å². The summed E-state index contributed by atoms with van der Waals surface area (Å²) in [6.45, 7) is 0. The van der Waals surface area contributed by atoms with E-state index in [1.807, 2.05) is 0 Å². The fourth-order valence-electron chi connectivity index (χ4n) is 0.946. The van der Waals surface area contributed by atoms with Gasteiger partial charge in [-0.3, -0.25) is 0 Å². The number of nitrogens with two attached hydrogens (primary N) is 1. The molecule has 2 N–H and O–H groups in total. The molecule has 0 radical (unpaired) electrons. The lowest BCUT2D eigenvalue weighted by Gasteiger charge is -2.07. The second kappa shape index (κ2) is 3.72. The first kappa shape index (κ1) is 11.2. The standard InChI is InChI=1S/C7H7ClFNO3S/c1-13-7-5(9)2-4(8)3-6(7)14(10,11)12/h2-3H,1H3,(H2,10,11,12). The summed E-state index contributed by atoms with van der Waals surface area (Å²) in [4.78, 5) is -0.468. The topological polar surface area (TPSA) is 69.4 Å². The van der Waals surface area contributed by atoms with Gasteiger partial charge in [0.05, 0.1) is 7.11 Å². The van der Waals surface area contributed by atoms with Gasteiger partial charge in [0.15, 0.2) is 11.6 Å². The van der Waals surface area contributed by atoms with Gasteiger partial charge < -0.3 is 4.74 Å². The summed E-state index contributed by atoms with van der Waals surface area (Å²) >= 11 is 5.47. The normalized spacial score (nSPS) is 11.4. The third-order valence-corrected chi connectivity index (χ3v) is 2.62. The van der Waals surface area contributed by atoms with Gasteiger partial charge in [-0.25, -0.2) is 17.9 Å². The van der Waals surface area contributed by atoms with Crippen LogP contribution in [0.4, 0.5) is 4.39 Å². The van der Waals surface area contributed by atoms with E-state index in [1.165, 1.54) is 0 Å². The minimum absolute atomic E-state index is 0.0627. The second-order valence-corrected chi connectivity index (χ2v) is 4.43. The third kappa shape index (κ3) is 2.14. The molecule has 0 aliphatic rings. The average molecular weight is 240 g/mol. The van der Waals surface area contributed by atoms with Gasteiger partial charge in [0.1, 0.15) is 4.90 Å². The van der Waals surface area contributed by atoms with Crippen LogP contribution in [-0.4, -0.2) is 15.5 Å². The molecule has 78 valence electrons. The average Bonchev–Trinajstić information content (AvgIpc) is 2.01. The van der Waals surface area contributed by atoms with Gasteiger partial charge in [0.2, 0.25) is 10.0 Å². The highest BCUT2D eigenvalue weighted by Gasteiger charge is 2.19. The number of ether oxygens (including phenoxy) is 1. The van der Waals surface area contributed by atoms with Crippen LogP contribution in [0.1, 0.15) is 0 Å². The Balaban J connectivity index is 3.56. The van der Waals surface area contributed by atoms with Crippen molar-refractivity contribution in [2.24, 2.45) is 5.14 Å². The van der Waals surface area contributed by atoms with Gasteiger partial charge in [-0.05, 0) is 12.1 Å². The summed E-state index contributed by atoms with van der Waals surface area (Å²) in [6, 6.07) is 1.97. The van der Waals surface area contributed by atoms with E-state index < -0.39 is 26.5 Å². The van der Waals surface area contributed by atoms with Gasteiger partial charge in [0.25, 0.3) is 0 Å². The van der Waals surface area contributed by atoms with Crippen LogP contribution in [0.2, 0.25) is 5.02 Å². The molecule has 0 fully saturated rings. The maximum atomic E-state index is 13.1. The van der Waals surface area contributed by atoms with E-state index in [9.17, 15) is 12.8 Å². The molecule has 0 aliphatic heterocycles. The maximum Gasteiger partial charge on any atom is 0.241 e. The highest BCUT2D eigenvalue weighted by molar-refractivity contribution is 7.89. The summed E-state index contributed by atoms with van der Waals surface area (Å²) in [7, 11) is -2.90. The zero-order chi connectivity index (χ0) is 10.9. The van der Waals surface area contributed by atoms with Gasteiger partial charge >= 0.3 is 0 Å². The van der Waals surface area contributed by atoms with E-state index in [0.29, 0.717) is 0 Å². The number of sulfonamides is 1. The van der Waals surface area contributed by atoms with Crippen LogP contribution in [0.15, 0.2) is 17.0 Å². The molecule has 0 aliphatic carbocycles. The molecular weight excluding hydrogens is 233 g/mol. The smallest absolute Gasteiger partial charge is 0.241 e. The van der Waals surface area contributed by atoms with Gasteiger partial charge in [-0.1, -0.05) is 11.6 Å². The lowest BCUT2D eigenvalue weighted by Crippen LogP contribution is -2.14. The zero-order valence-corrected chi connectivity index (χ0v) is 8.69. The van der Waals surface area contributed by atoms with Crippen LogP contribution in [-0.2, 0) is 10.0 Å². The highest BCUT2D eigenvalue weighted by atomic mass is 35.5. The van der Waals surface area contributed by atoms with Crippen LogP contribution in [0.3, 0.4) is 0 Å². The molecule has 0 atom stereocenters. The Hall–Kier alpha value is -0.850.